The Morgan fingerprint density at radius 2 is 2.12 bits per heavy atom. The Kier molecular flexibility index (Phi) is 5.80. The van der Waals surface area contributed by atoms with Crippen molar-refractivity contribution in [3.05, 3.63) is 0 Å². The van der Waals surface area contributed by atoms with Gasteiger partial charge < -0.3 is 10.4 Å². The van der Waals surface area contributed by atoms with Gasteiger partial charge >= 0.3 is 0 Å². The second kappa shape index (κ2) is 6.64. The van der Waals surface area contributed by atoms with Crippen molar-refractivity contribution in [3.63, 3.8) is 0 Å². The fourth-order valence-electron chi connectivity index (χ4n) is 2.23. The Balaban J connectivity index is 2.32. The first-order chi connectivity index (χ1) is 7.97. The van der Waals surface area contributed by atoms with Gasteiger partial charge in [0.15, 0.2) is 0 Å². The molecule has 1 aliphatic carbocycles. The maximum absolute atomic E-state index is 11.7. The SMILES string of the molecule is CSCC(C)C(=O)NCC1(O)CCC(C)CC1. The molecule has 1 atom stereocenters. The van der Waals surface area contributed by atoms with E-state index in [0.29, 0.717) is 12.5 Å². The Morgan fingerprint density at radius 3 is 2.65 bits per heavy atom. The van der Waals surface area contributed by atoms with E-state index >= 15 is 0 Å². The van der Waals surface area contributed by atoms with Gasteiger partial charge in [0.2, 0.25) is 5.91 Å². The van der Waals surface area contributed by atoms with Gasteiger partial charge in [-0.3, -0.25) is 4.79 Å². The number of carbonyl (C=O) groups excluding carboxylic acids is 1. The zero-order chi connectivity index (χ0) is 12.9. The van der Waals surface area contributed by atoms with Gasteiger partial charge in [0.1, 0.15) is 0 Å². The Labute approximate surface area is 109 Å². The topological polar surface area (TPSA) is 49.3 Å². The van der Waals surface area contributed by atoms with Gasteiger partial charge in [-0.25, -0.2) is 0 Å². The van der Waals surface area contributed by atoms with E-state index in [9.17, 15) is 9.90 Å². The Morgan fingerprint density at radius 1 is 1.53 bits per heavy atom. The average Bonchev–Trinajstić information content (AvgIpc) is 2.31. The van der Waals surface area contributed by atoms with E-state index in [-0.39, 0.29) is 11.8 Å². The van der Waals surface area contributed by atoms with E-state index in [1.807, 2.05) is 13.2 Å². The summed E-state index contributed by atoms with van der Waals surface area (Å²) < 4.78 is 0. The number of thioether (sulfide) groups is 1. The molecule has 0 saturated heterocycles. The minimum absolute atomic E-state index is 0.0242. The summed E-state index contributed by atoms with van der Waals surface area (Å²) in [6.45, 7) is 4.56. The van der Waals surface area contributed by atoms with Crippen LogP contribution >= 0.6 is 11.8 Å². The zero-order valence-corrected chi connectivity index (χ0v) is 12.0. The molecular formula is C13H25NO2S. The lowest BCUT2D eigenvalue weighted by Crippen LogP contribution is -2.46. The van der Waals surface area contributed by atoms with Crippen LogP contribution in [0, 0.1) is 11.8 Å². The monoisotopic (exact) mass is 259 g/mol. The molecule has 0 radical (unpaired) electrons. The molecule has 4 heteroatoms. The summed E-state index contributed by atoms with van der Waals surface area (Å²) in [6, 6.07) is 0. The number of hydrogen-bond donors (Lipinski definition) is 2. The first-order valence-corrected chi connectivity index (χ1v) is 7.85. The summed E-state index contributed by atoms with van der Waals surface area (Å²) in [5.74, 6) is 1.63. The van der Waals surface area contributed by atoms with E-state index in [1.165, 1.54) is 0 Å². The van der Waals surface area contributed by atoms with Crippen LogP contribution in [0.25, 0.3) is 0 Å². The number of amides is 1. The Bertz CT molecular complexity index is 250. The zero-order valence-electron chi connectivity index (χ0n) is 11.2. The fourth-order valence-corrected chi connectivity index (χ4v) is 2.88. The summed E-state index contributed by atoms with van der Waals surface area (Å²) in [7, 11) is 0. The highest BCUT2D eigenvalue weighted by Crippen LogP contribution is 2.31. The van der Waals surface area contributed by atoms with Gasteiger partial charge in [-0.15, -0.1) is 0 Å². The van der Waals surface area contributed by atoms with Crippen molar-refractivity contribution in [3.8, 4) is 0 Å². The van der Waals surface area contributed by atoms with Crippen molar-refractivity contribution in [2.75, 3.05) is 18.6 Å². The average molecular weight is 259 g/mol. The standard InChI is InChI=1S/C13H25NO2S/c1-10-4-6-13(16,7-5-10)9-14-12(15)11(2)8-17-3/h10-11,16H,4-9H2,1-3H3,(H,14,15). The normalized spacial score (nSPS) is 30.9. The molecule has 0 aromatic heterocycles. The molecule has 1 fully saturated rings. The first-order valence-electron chi connectivity index (χ1n) is 6.46. The van der Waals surface area contributed by atoms with Crippen molar-refractivity contribution in [2.24, 2.45) is 11.8 Å². The molecule has 1 saturated carbocycles. The summed E-state index contributed by atoms with van der Waals surface area (Å²) >= 11 is 1.68. The maximum atomic E-state index is 11.7. The molecule has 1 rings (SSSR count). The molecule has 0 heterocycles. The summed E-state index contributed by atoms with van der Waals surface area (Å²) in [5, 5.41) is 13.2. The molecule has 1 amide bonds. The lowest BCUT2D eigenvalue weighted by molar-refractivity contribution is -0.125. The highest BCUT2D eigenvalue weighted by Gasteiger charge is 2.32. The van der Waals surface area contributed by atoms with Gasteiger partial charge in [0.05, 0.1) is 5.60 Å². The van der Waals surface area contributed by atoms with Crippen molar-refractivity contribution in [1.82, 2.24) is 5.32 Å². The number of carbonyl (C=O) groups is 1. The highest BCUT2D eigenvalue weighted by molar-refractivity contribution is 7.98. The smallest absolute Gasteiger partial charge is 0.223 e. The molecule has 3 nitrogen and oxygen atoms in total. The quantitative estimate of drug-likeness (QED) is 0.794. The largest absolute Gasteiger partial charge is 0.388 e. The predicted molar refractivity (Wildman–Crippen MR) is 73.1 cm³/mol. The van der Waals surface area contributed by atoms with Gasteiger partial charge in [-0.2, -0.15) is 11.8 Å². The molecule has 2 N–H and O–H groups in total. The molecule has 1 unspecified atom stereocenters. The lowest BCUT2D eigenvalue weighted by Gasteiger charge is -2.35. The van der Waals surface area contributed by atoms with Crippen LogP contribution in [0.5, 0.6) is 0 Å². The summed E-state index contributed by atoms with van der Waals surface area (Å²) in [5.41, 5.74) is -0.665. The number of aliphatic hydroxyl groups is 1. The minimum Gasteiger partial charge on any atom is -0.388 e. The molecule has 0 aromatic rings. The van der Waals surface area contributed by atoms with E-state index in [2.05, 4.69) is 12.2 Å². The fraction of sp³-hybridized carbons (Fsp3) is 0.923. The van der Waals surface area contributed by atoms with E-state index in [0.717, 1.165) is 31.4 Å². The third-order valence-corrected chi connectivity index (χ3v) is 4.49. The van der Waals surface area contributed by atoms with Crippen LogP contribution in [0.1, 0.15) is 39.5 Å². The summed E-state index contributed by atoms with van der Waals surface area (Å²) in [4.78, 5) is 11.7. The van der Waals surface area contributed by atoms with Crippen molar-refractivity contribution in [2.45, 2.75) is 45.1 Å². The molecule has 0 bridgehead atoms. The maximum Gasteiger partial charge on any atom is 0.223 e. The van der Waals surface area contributed by atoms with E-state index in [4.69, 9.17) is 0 Å². The third kappa shape index (κ3) is 4.88. The van der Waals surface area contributed by atoms with Crippen LogP contribution in [-0.4, -0.2) is 35.2 Å². The van der Waals surface area contributed by atoms with Crippen LogP contribution in [0.2, 0.25) is 0 Å². The van der Waals surface area contributed by atoms with Gasteiger partial charge in [-0.1, -0.05) is 13.8 Å². The molecule has 0 aromatic carbocycles. The van der Waals surface area contributed by atoms with Crippen LogP contribution in [0.3, 0.4) is 0 Å². The van der Waals surface area contributed by atoms with Gasteiger partial charge in [0, 0.05) is 18.2 Å². The first kappa shape index (κ1) is 14.8. The second-order valence-electron chi connectivity index (χ2n) is 5.48. The van der Waals surface area contributed by atoms with Gasteiger partial charge in [-0.05, 0) is 37.9 Å². The molecule has 0 spiro atoms. The van der Waals surface area contributed by atoms with Crippen molar-refractivity contribution < 1.29 is 9.90 Å². The minimum atomic E-state index is -0.665. The molecule has 17 heavy (non-hydrogen) atoms. The number of nitrogens with one attached hydrogen (secondary N) is 1. The van der Waals surface area contributed by atoms with Crippen molar-refractivity contribution >= 4 is 17.7 Å². The van der Waals surface area contributed by atoms with Gasteiger partial charge in [0.25, 0.3) is 0 Å². The van der Waals surface area contributed by atoms with Crippen LogP contribution in [0.15, 0.2) is 0 Å². The van der Waals surface area contributed by atoms with Crippen molar-refractivity contribution in [1.29, 1.82) is 0 Å². The lowest BCUT2D eigenvalue weighted by atomic mass is 9.79. The number of rotatable bonds is 5. The third-order valence-electron chi connectivity index (χ3n) is 3.66. The molecular weight excluding hydrogens is 234 g/mol. The Hall–Kier alpha value is -0.220. The van der Waals surface area contributed by atoms with Crippen LogP contribution < -0.4 is 5.32 Å². The van der Waals surface area contributed by atoms with E-state index in [1.54, 1.807) is 11.8 Å². The molecule has 1 aliphatic rings. The number of hydrogen-bond acceptors (Lipinski definition) is 3. The predicted octanol–water partition coefficient (Wildman–Crippen LogP) is 2.04. The summed E-state index contributed by atoms with van der Waals surface area (Å²) in [6.07, 6.45) is 5.75. The molecule has 0 aliphatic heterocycles. The van der Waals surface area contributed by atoms with Crippen LogP contribution in [0.4, 0.5) is 0 Å². The van der Waals surface area contributed by atoms with Crippen LogP contribution in [-0.2, 0) is 4.79 Å². The highest BCUT2D eigenvalue weighted by atomic mass is 32.2. The molecule has 100 valence electrons. The van der Waals surface area contributed by atoms with E-state index < -0.39 is 5.60 Å². The second-order valence-corrected chi connectivity index (χ2v) is 6.39.